The maximum atomic E-state index is 6.75. The zero-order chi connectivity index (χ0) is 25.3. The smallest absolute Gasteiger partial charge is 0.123 e. The second kappa shape index (κ2) is 10.4. The summed E-state index contributed by atoms with van der Waals surface area (Å²) in [5.74, 6) is 3.05. The third kappa shape index (κ3) is 5.59. The first-order valence-corrected chi connectivity index (χ1v) is 13.0. The molecule has 3 atom stereocenters. The van der Waals surface area contributed by atoms with Crippen LogP contribution in [-0.4, -0.2) is 63.8 Å². The van der Waals surface area contributed by atoms with E-state index in [0.29, 0.717) is 11.8 Å². The number of hydrogen-bond donors (Lipinski definition) is 0. The average Bonchev–Trinajstić information content (AvgIpc) is 2.80. The number of likely N-dealkylation sites (N-methyl/N-ethyl adjacent to an activating group) is 2. The Morgan fingerprint density at radius 1 is 0.914 bits per heavy atom. The Hall–Kier alpha value is -2.30. The SMILES string of the molecule is COc1ccc(CCN(C)C)cc1C1C=C(C)CC2c3cc(CCN(C)C)ccc3OC(C)(C)C12. The lowest BCUT2D eigenvalue weighted by Gasteiger charge is -2.50. The number of nitrogens with zero attached hydrogens (tertiary/aromatic N) is 2. The second-order valence-electron chi connectivity index (χ2n) is 11.6. The van der Waals surface area contributed by atoms with Gasteiger partial charge in [-0.1, -0.05) is 35.9 Å². The van der Waals surface area contributed by atoms with Crippen molar-refractivity contribution >= 4 is 0 Å². The second-order valence-corrected chi connectivity index (χ2v) is 11.6. The van der Waals surface area contributed by atoms with Crippen molar-refractivity contribution in [2.24, 2.45) is 5.92 Å². The van der Waals surface area contributed by atoms with Gasteiger partial charge in [0.1, 0.15) is 17.1 Å². The van der Waals surface area contributed by atoms with Gasteiger partial charge in [0.15, 0.2) is 0 Å². The number of methoxy groups -OCH3 is 1. The molecule has 1 aliphatic heterocycles. The van der Waals surface area contributed by atoms with Crippen molar-refractivity contribution in [3.8, 4) is 11.5 Å². The fourth-order valence-electron chi connectivity index (χ4n) is 6.10. The topological polar surface area (TPSA) is 24.9 Å². The first-order chi connectivity index (χ1) is 16.6. The fourth-order valence-corrected chi connectivity index (χ4v) is 6.10. The van der Waals surface area contributed by atoms with Gasteiger partial charge in [-0.2, -0.15) is 0 Å². The highest BCUT2D eigenvalue weighted by molar-refractivity contribution is 5.49. The van der Waals surface area contributed by atoms with E-state index in [1.54, 1.807) is 7.11 Å². The normalized spacial score (nSPS) is 22.9. The van der Waals surface area contributed by atoms with E-state index in [1.807, 2.05) is 0 Å². The maximum Gasteiger partial charge on any atom is 0.123 e. The summed E-state index contributed by atoms with van der Waals surface area (Å²) >= 11 is 0. The molecule has 0 bridgehead atoms. The Labute approximate surface area is 212 Å². The molecule has 4 nitrogen and oxygen atoms in total. The minimum atomic E-state index is -0.282. The van der Waals surface area contributed by atoms with Crippen molar-refractivity contribution < 1.29 is 9.47 Å². The van der Waals surface area contributed by atoms with Gasteiger partial charge < -0.3 is 19.3 Å². The van der Waals surface area contributed by atoms with Crippen LogP contribution in [0.1, 0.15) is 61.3 Å². The molecule has 0 saturated carbocycles. The number of benzene rings is 2. The van der Waals surface area contributed by atoms with Gasteiger partial charge in [-0.05, 0) is 103 Å². The van der Waals surface area contributed by atoms with Crippen LogP contribution in [0.25, 0.3) is 0 Å². The summed E-state index contributed by atoms with van der Waals surface area (Å²) in [5, 5.41) is 0. The maximum absolute atomic E-state index is 6.75. The van der Waals surface area contributed by atoms with Crippen molar-refractivity contribution in [2.45, 2.75) is 57.5 Å². The van der Waals surface area contributed by atoms with Crippen molar-refractivity contribution in [3.05, 3.63) is 70.3 Å². The Balaban J connectivity index is 1.76. The predicted octanol–water partition coefficient (Wildman–Crippen LogP) is 5.91. The molecule has 3 unspecified atom stereocenters. The summed E-state index contributed by atoms with van der Waals surface area (Å²) in [6.45, 7) is 8.94. The van der Waals surface area contributed by atoms with Crippen LogP contribution in [0.15, 0.2) is 48.0 Å². The molecule has 4 rings (SSSR count). The number of allylic oxidation sites excluding steroid dienone is 2. The van der Waals surface area contributed by atoms with Crippen LogP contribution in [0.3, 0.4) is 0 Å². The highest BCUT2D eigenvalue weighted by Gasteiger charge is 2.49. The summed E-state index contributed by atoms with van der Waals surface area (Å²) in [5.41, 5.74) is 6.61. The van der Waals surface area contributed by atoms with E-state index in [9.17, 15) is 0 Å². The largest absolute Gasteiger partial charge is 0.496 e. The molecule has 0 spiro atoms. The van der Waals surface area contributed by atoms with Crippen LogP contribution in [0, 0.1) is 5.92 Å². The Bertz CT molecular complexity index is 1070. The van der Waals surface area contributed by atoms with Crippen LogP contribution in [0.4, 0.5) is 0 Å². The van der Waals surface area contributed by atoms with Crippen LogP contribution < -0.4 is 9.47 Å². The minimum absolute atomic E-state index is 0.247. The number of fused-ring (bicyclic) bond motifs is 3. The Kier molecular flexibility index (Phi) is 7.63. The van der Waals surface area contributed by atoms with Gasteiger partial charge in [-0.15, -0.1) is 0 Å². The van der Waals surface area contributed by atoms with Crippen LogP contribution in [-0.2, 0) is 12.8 Å². The molecule has 0 N–H and O–H groups in total. The van der Waals surface area contributed by atoms with Crippen LogP contribution in [0.5, 0.6) is 11.5 Å². The van der Waals surface area contributed by atoms with Crippen molar-refractivity contribution in [3.63, 3.8) is 0 Å². The van der Waals surface area contributed by atoms with Gasteiger partial charge in [-0.25, -0.2) is 0 Å². The number of ether oxygens (including phenoxy) is 2. The quantitative estimate of drug-likeness (QED) is 0.442. The van der Waals surface area contributed by atoms with Gasteiger partial charge in [0.05, 0.1) is 7.11 Å². The summed E-state index contributed by atoms with van der Waals surface area (Å²) in [6, 6.07) is 13.7. The third-order valence-corrected chi connectivity index (χ3v) is 7.82. The van der Waals surface area contributed by atoms with Crippen LogP contribution >= 0.6 is 0 Å². The molecule has 35 heavy (non-hydrogen) atoms. The molecule has 1 aliphatic carbocycles. The van der Waals surface area contributed by atoms with Gasteiger partial charge in [-0.3, -0.25) is 0 Å². The van der Waals surface area contributed by atoms with Crippen LogP contribution in [0.2, 0.25) is 0 Å². The van der Waals surface area contributed by atoms with E-state index in [1.165, 1.54) is 27.8 Å². The molecule has 0 fully saturated rings. The lowest BCUT2D eigenvalue weighted by Crippen LogP contribution is -2.48. The summed E-state index contributed by atoms with van der Waals surface area (Å²) in [4.78, 5) is 4.49. The van der Waals surface area contributed by atoms with E-state index in [0.717, 1.165) is 43.9 Å². The highest BCUT2D eigenvalue weighted by atomic mass is 16.5. The van der Waals surface area contributed by atoms with E-state index >= 15 is 0 Å². The number of rotatable bonds is 8. The molecule has 0 radical (unpaired) electrons. The molecule has 1 heterocycles. The molecule has 2 aliphatic rings. The zero-order valence-corrected chi connectivity index (χ0v) is 23.0. The molecule has 0 saturated heterocycles. The van der Waals surface area contributed by atoms with Gasteiger partial charge in [0.25, 0.3) is 0 Å². The highest BCUT2D eigenvalue weighted by Crippen LogP contribution is 2.57. The summed E-state index contributed by atoms with van der Waals surface area (Å²) in [7, 11) is 10.3. The Morgan fingerprint density at radius 3 is 2.11 bits per heavy atom. The van der Waals surface area contributed by atoms with Crippen molar-refractivity contribution in [1.82, 2.24) is 9.80 Å². The van der Waals surface area contributed by atoms with E-state index in [4.69, 9.17) is 9.47 Å². The Morgan fingerprint density at radius 2 is 1.51 bits per heavy atom. The van der Waals surface area contributed by atoms with Gasteiger partial charge in [0.2, 0.25) is 0 Å². The summed E-state index contributed by atoms with van der Waals surface area (Å²) < 4.78 is 12.7. The molecule has 190 valence electrons. The first kappa shape index (κ1) is 25.8. The monoisotopic (exact) mass is 476 g/mol. The lowest BCUT2D eigenvalue weighted by atomic mass is 9.61. The number of hydrogen-bond acceptors (Lipinski definition) is 4. The first-order valence-electron chi connectivity index (χ1n) is 13.0. The lowest BCUT2D eigenvalue weighted by molar-refractivity contribution is -0.000516. The van der Waals surface area contributed by atoms with E-state index in [2.05, 4.69) is 101 Å². The zero-order valence-electron chi connectivity index (χ0n) is 23.0. The van der Waals surface area contributed by atoms with Crippen molar-refractivity contribution in [1.29, 1.82) is 0 Å². The minimum Gasteiger partial charge on any atom is -0.496 e. The van der Waals surface area contributed by atoms with E-state index in [-0.39, 0.29) is 11.5 Å². The molecular weight excluding hydrogens is 432 g/mol. The fraction of sp³-hybridized carbons (Fsp3) is 0.548. The molecule has 0 aromatic heterocycles. The third-order valence-electron chi connectivity index (χ3n) is 7.82. The standard InChI is InChI=1S/C31H44N2O2/c1-21-17-26(24-19-22(13-15-32(4)5)9-11-28(24)34-8)30-27(18-21)25-20-23(14-16-33(6)7)10-12-29(25)35-31(30,2)3/h9-12,17,19-20,26-27,30H,13-16,18H2,1-8H3. The van der Waals surface area contributed by atoms with Gasteiger partial charge >= 0.3 is 0 Å². The summed E-state index contributed by atoms with van der Waals surface area (Å²) in [6.07, 6.45) is 5.66. The molecule has 4 heteroatoms. The molecule has 2 aromatic carbocycles. The predicted molar refractivity (Wildman–Crippen MR) is 146 cm³/mol. The average molecular weight is 477 g/mol. The molecule has 2 aromatic rings. The van der Waals surface area contributed by atoms with E-state index < -0.39 is 0 Å². The van der Waals surface area contributed by atoms with Gasteiger partial charge in [0, 0.05) is 30.5 Å². The van der Waals surface area contributed by atoms with Crippen molar-refractivity contribution in [2.75, 3.05) is 48.4 Å². The molecular formula is C31H44N2O2. The molecule has 0 amide bonds.